The van der Waals surface area contributed by atoms with Gasteiger partial charge in [0, 0.05) is 6.04 Å². The summed E-state index contributed by atoms with van der Waals surface area (Å²) < 4.78 is 26.8. The Morgan fingerprint density at radius 3 is 2.57 bits per heavy atom. The molecule has 1 saturated heterocycles. The number of hydrogen-bond acceptors (Lipinski definition) is 4. The highest BCUT2D eigenvalue weighted by Crippen LogP contribution is 2.29. The van der Waals surface area contributed by atoms with Crippen molar-refractivity contribution in [2.45, 2.75) is 51.1 Å². The molecule has 0 aromatic heterocycles. The summed E-state index contributed by atoms with van der Waals surface area (Å²) in [4.78, 5) is 50.0. The van der Waals surface area contributed by atoms with Crippen LogP contribution in [0.5, 0.6) is 0 Å². The number of nitrogens with one attached hydrogen (secondary N) is 3. The first-order valence-corrected chi connectivity index (χ1v) is 9.82. The van der Waals surface area contributed by atoms with E-state index in [0.717, 1.165) is 37.8 Å². The largest absolute Gasteiger partial charge is 0.335 e. The molecule has 8 nitrogen and oxygen atoms in total. The molecule has 0 spiro atoms. The first-order chi connectivity index (χ1) is 14.1. The van der Waals surface area contributed by atoms with E-state index in [1.807, 2.05) is 6.92 Å². The molecule has 3 unspecified atom stereocenters. The molecule has 0 radical (unpaired) electrons. The van der Waals surface area contributed by atoms with E-state index in [9.17, 15) is 28.0 Å². The van der Waals surface area contributed by atoms with Crippen LogP contribution in [0.15, 0.2) is 18.2 Å². The molecular weight excluding hydrogens is 398 g/mol. The van der Waals surface area contributed by atoms with Gasteiger partial charge in [-0.3, -0.25) is 19.8 Å². The number of carbonyl (C=O) groups is 4. The molecule has 3 atom stereocenters. The maximum absolute atomic E-state index is 13.6. The minimum atomic E-state index is -1.66. The zero-order valence-corrected chi connectivity index (χ0v) is 16.8. The Balaban J connectivity index is 1.62. The summed E-state index contributed by atoms with van der Waals surface area (Å²) in [5.74, 6) is -3.61. The van der Waals surface area contributed by atoms with Crippen molar-refractivity contribution in [3.05, 3.63) is 35.4 Å². The van der Waals surface area contributed by atoms with Gasteiger partial charge in [-0.05, 0) is 43.4 Å². The Morgan fingerprint density at radius 1 is 1.20 bits per heavy atom. The van der Waals surface area contributed by atoms with E-state index in [1.54, 1.807) is 0 Å². The number of imide groups is 2. The molecule has 0 bridgehead atoms. The molecule has 6 amide bonds. The van der Waals surface area contributed by atoms with Gasteiger partial charge >= 0.3 is 12.1 Å². The summed E-state index contributed by atoms with van der Waals surface area (Å²) in [6.45, 7) is 2.67. The predicted molar refractivity (Wildman–Crippen MR) is 102 cm³/mol. The summed E-state index contributed by atoms with van der Waals surface area (Å²) >= 11 is 0. The Labute approximate surface area is 172 Å². The zero-order valence-electron chi connectivity index (χ0n) is 16.8. The molecule has 1 aromatic rings. The molecule has 1 heterocycles. The first kappa shape index (κ1) is 21.7. The standard InChI is InChI=1S/C20H24F2N4O4/c1-11-5-3-4-6-15(11)23-18(29)24-16(27)10-26-17(28)20(2,25-19(26)30)12-7-8-13(21)14(22)9-12/h7-9,11,15H,3-6,10H2,1-2H3,(H,25,30)(H2,23,24,27,29). The molecule has 2 fully saturated rings. The third-order valence-corrected chi connectivity index (χ3v) is 5.75. The lowest BCUT2D eigenvalue weighted by atomic mass is 9.86. The molecule has 10 heteroatoms. The lowest BCUT2D eigenvalue weighted by molar-refractivity contribution is -0.134. The SMILES string of the molecule is CC1CCCCC1NC(=O)NC(=O)CN1C(=O)NC(C)(c2ccc(F)c(F)c2)C1=O. The number of urea groups is 2. The molecule has 162 valence electrons. The van der Waals surface area contributed by atoms with Crippen LogP contribution in [0.3, 0.4) is 0 Å². The summed E-state index contributed by atoms with van der Waals surface area (Å²) in [7, 11) is 0. The maximum atomic E-state index is 13.6. The number of nitrogens with zero attached hydrogens (tertiary/aromatic N) is 1. The normalized spacial score (nSPS) is 26.3. The van der Waals surface area contributed by atoms with Gasteiger partial charge in [0.25, 0.3) is 5.91 Å². The summed E-state index contributed by atoms with van der Waals surface area (Å²) in [6, 6.07) is 1.24. The van der Waals surface area contributed by atoms with Crippen LogP contribution in [0.1, 0.15) is 45.1 Å². The van der Waals surface area contributed by atoms with Gasteiger partial charge in [-0.25, -0.2) is 18.4 Å². The average molecular weight is 422 g/mol. The van der Waals surface area contributed by atoms with Crippen LogP contribution in [-0.4, -0.2) is 41.4 Å². The molecule has 2 aliphatic rings. The minimum absolute atomic E-state index is 0.0340. The van der Waals surface area contributed by atoms with Crippen molar-refractivity contribution in [3.8, 4) is 0 Å². The number of hydrogen-bond donors (Lipinski definition) is 3. The van der Waals surface area contributed by atoms with Crippen LogP contribution < -0.4 is 16.0 Å². The third kappa shape index (κ3) is 4.27. The number of amides is 6. The van der Waals surface area contributed by atoms with Gasteiger partial charge in [-0.15, -0.1) is 0 Å². The van der Waals surface area contributed by atoms with Crippen molar-refractivity contribution in [2.75, 3.05) is 6.54 Å². The van der Waals surface area contributed by atoms with Crippen LogP contribution in [0.2, 0.25) is 0 Å². The molecule has 1 saturated carbocycles. The van der Waals surface area contributed by atoms with E-state index < -0.39 is 47.6 Å². The first-order valence-electron chi connectivity index (χ1n) is 9.82. The summed E-state index contributed by atoms with van der Waals surface area (Å²) in [6.07, 6.45) is 3.91. The molecule has 1 aliphatic heterocycles. The van der Waals surface area contributed by atoms with Gasteiger partial charge in [0.1, 0.15) is 12.1 Å². The van der Waals surface area contributed by atoms with E-state index in [-0.39, 0.29) is 11.6 Å². The van der Waals surface area contributed by atoms with E-state index in [1.165, 1.54) is 13.0 Å². The average Bonchev–Trinajstić information content (AvgIpc) is 2.89. The monoisotopic (exact) mass is 422 g/mol. The molecule has 1 aromatic carbocycles. The maximum Gasteiger partial charge on any atom is 0.325 e. The summed E-state index contributed by atoms with van der Waals surface area (Å²) in [5.41, 5.74) is -1.63. The van der Waals surface area contributed by atoms with E-state index in [2.05, 4.69) is 16.0 Å². The van der Waals surface area contributed by atoms with Crippen LogP contribution in [-0.2, 0) is 15.1 Å². The lowest BCUT2D eigenvalue weighted by Gasteiger charge is -2.29. The molecule has 1 aliphatic carbocycles. The Bertz CT molecular complexity index is 894. The van der Waals surface area contributed by atoms with Crippen LogP contribution in [0, 0.1) is 17.6 Å². The van der Waals surface area contributed by atoms with Crippen LogP contribution >= 0.6 is 0 Å². The highest BCUT2D eigenvalue weighted by Gasteiger charge is 2.49. The molecule has 3 rings (SSSR count). The van der Waals surface area contributed by atoms with Gasteiger partial charge in [0.2, 0.25) is 5.91 Å². The molecule has 3 N–H and O–H groups in total. The van der Waals surface area contributed by atoms with E-state index in [0.29, 0.717) is 10.8 Å². The fraction of sp³-hybridized carbons (Fsp3) is 0.500. The highest BCUT2D eigenvalue weighted by atomic mass is 19.2. The smallest absolute Gasteiger partial charge is 0.325 e. The quantitative estimate of drug-likeness (QED) is 0.646. The van der Waals surface area contributed by atoms with Crippen molar-refractivity contribution in [1.29, 1.82) is 0 Å². The van der Waals surface area contributed by atoms with Gasteiger partial charge in [0.05, 0.1) is 0 Å². The molecule has 30 heavy (non-hydrogen) atoms. The number of halogens is 2. The van der Waals surface area contributed by atoms with Crippen molar-refractivity contribution in [1.82, 2.24) is 20.9 Å². The van der Waals surface area contributed by atoms with Crippen LogP contribution in [0.4, 0.5) is 18.4 Å². The fourth-order valence-electron chi connectivity index (χ4n) is 3.89. The van der Waals surface area contributed by atoms with E-state index >= 15 is 0 Å². The van der Waals surface area contributed by atoms with Crippen molar-refractivity contribution in [3.63, 3.8) is 0 Å². The van der Waals surface area contributed by atoms with Gasteiger partial charge in [-0.1, -0.05) is 25.8 Å². The van der Waals surface area contributed by atoms with Crippen molar-refractivity contribution in [2.24, 2.45) is 5.92 Å². The van der Waals surface area contributed by atoms with Gasteiger partial charge < -0.3 is 10.6 Å². The number of benzene rings is 1. The van der Waals surface area contributed by atoms with Crippen LogP contribution in [0.25, 0.3) is 0 Å². The van der Waals surface area contributed by atoms with Crippen molar-refractivity contribution < 1.29 is 28.0 Å². The second-order valence-electron chi connectivity index (χ2n) is 7.97. The minimum Gasteiger partial charge on any atom is -0.335 e. The van der Waals surface area contributed by atoms with Gasteiger partial charge in [0.15, 0.2) is 11.6 Å². The topological polar surface area (TPSA) is 108 Å². The predicted octanol–water partition coefficient (Wildman–Crippen LogP) is 2.14. The third-order valence-electron chi connectivity index (χ3n) is 5.75. The number of carbonyl (C=O) groups excluding carboxylic acids is 4. The fourth-order valence-corrected chi connectivity index (χ4v) is 3.89. The van der Waals surface area contributed by atoms with Gasteiger partial charge in [-0.2, -0.15) is 0 Å². The lowest BCUT2D eigenvalue weighted by Crippen LogP contribution is -2.50. The second-order valence-corrected chi connectivity index (χ2v) is 7.97. The highest BCUT2D eigenvalue weighted by molar-refractivity contribution is 6.10. The Morgan fingerprint density at radius 2 is 1.90 bits per heavy atom. The number of rotatable bonds is 4. The Kier molecular flexibility index (Phi) is 6.04. The summed E-state index contributed by atoms with van der Waals surface area (Å²) in [5, 5.41) is 7.27. The van der Waals surface area contributed by atoms with E-state index in [4.69, 9.17) is 0 Å². The zero-order chi connectivity index (χ0) is 22.1. The second kappa shape index (κ2) is 8.37. The van der Waals surface area contributed by atoms with Crippen molar-refractivity contribution >= 4 is 23.9 Å². The Hall–Kier alpha value is -3.04. The molecular formula is C20H24F2N4O4.